The highest BCUT2D eigenvalue weighted by Crippen LogP contribution is 2.31. The zero-order chi connectivity index (χ0) is 12.3. The number of rotatable bonds is 3. The molecule has 0 amide bonds. The Morgan fingerprint density at radius 3 is 2.88 bits per heavy atom. The molecular weight excluding hydrogens is 241 g/mol. The van der Waals surface area contributed by atoms with Gasteiger partial charge < -0.3 is 10.4 Å². The lowest BCUT2D eigenvalue weighted by Crippen LogP contribution is -2.44. The number of hydrogen-bond donors (Lipinski definition) is 2. The number of halogens is 2. The lowest BCUT2D eigenvalue weighted by molar-refractivity contribution is 0.0948. The summed E-state index contributed by atoms with van der Waals surface area (Å²) in [6, 6.07) is 4.79. The average Bonchev–Trinajstić information content (AvgIpc) is 2.35. The molecule has 1 aliphatic heterocycles. The first kappa shape index (κ1) is 12.8. The molecule has 2 rings (SSSR count). The summed E-state index contributed by atoms with van der Waals surface area (Å²) in [5.74, 6) is -0.393. The van der Waals surface area contributed by atoms with Crippen LogP contribution in [0, 0.1) is 11.2 Å². The van der Waals surface area contributed by atoms with E-state index in [2.05, 4.69) is 5.32 Å². The number of hydrogen-bond acceptors (Lipinski definition) is 2. The Balaban J connectivity index is 2.14. The third kappa shape index (κ3) is 2.97. The first-order valence-electron chi connectivity index (χ1n) is 5.91. The van der Waals surface area contributed by atoms with Gasteiger partial charge in [-0.15, -0.1) is 0 Å². The second-order valence-electron chi connectivity index (χ2n) is 4.86. The van der Waals surface area contributed by atoms with Crippen molar-refractivity contribution in [2.24, 2.45) is 5.41 Å². The van der Waals surface area contributed by atoms with Crippen LogP contribution in [0.2, 0.25) is 5.02 Å². The molecule has 1 fully saturated rings. The van der Waals surface area contributed by atoms with Gasteiger partial charge in [0, 0.05) is 12.0 Å². The fourth-order valence-corrected chi connectivity index (χ4v) is 2.66. The van der Waals surface area contributed by atoms with Crippen molar-refractivity contribution in [1.82, 2.24) is 5.32 Å². The third-order valence-corrected chi connectivity index (χ3v) is 3.75. The van der Waals surface area contributed by atoms with Gasteiger partial charge in [0.2, 0.25) is 0 Å². The van der Waals surface area contributed by atoms with E-state index in [1.165, 1.54) is 6.07 Å². The van der Waals surface area contributed by atoms with Gasteiger partial charge in [0.05, 0.1) is 11.6 Å². The molecule has 0 radical (unpaired) electrons. The molecule has 2 nitrogen and oxygen atoms in total. The third-order valence-electron chi connectivity index (χ3n) is 3.46. The topological polar surface area (TPSA) is 32.3 Å². The standard InChI is InChI=1S/C13H17ClFNO/c14-11-6-10(2-3-12(11)15)7-13(9-17)4-1-5-16-8-13/h2-3,6,16-17H,1,4-5,7-9H2. The van der Waals surface area contributed by atoms with Gasteiger partial charge in [-0.2, -0.15) is 0 Å². The number of aliphatic hydroxyl groups is 1. The van der Waals surface area contributed by atoms with Gasteiger partial charge in [0.15, 0.2) is 0 Å². The van der Waals surface area contributed by atoms with Crippen LogP contribution < -0.4 is 5.32 Å². The molecule has 0 bridgehead atoms. The molecule has 0 aliphatic carbocycles. The summed E-state index contributed by atoms with van der Waals surface area (Å²) >= 11 is 5.77. The molecule has 0 spiro atoms. The molecule has 1 aliphatic rings. The molecule has 2 N–H and O–H groups in total. The minimum Gasteiger partial charge on any atom is -0.396 e. The lowest BCUT2D eigenvalue weighted by Gasteiger charge is -2.36. The van der Waals surface area contributed by atoms with Crippen molar-refractivity contribution in [2.75, 3.05) is 19.7 Å². The maximum Gasteiger partial charge on any atom is 0.141 e. The van der Waals surface area contributed by atoms with Crippen LogP contribution in [0.25, 0.3) is 0 Å². The molecule has 1 saturated heterocycles. The molecule has 1 aromatic carbocycles. The number of piperidine rings is 1. The molecule has 0 saturated carbocycles. The summed E-state index contributed by atoms with van der Waals surface area (Å²) in [7, 11) is 0. The summed E-state index contributed by atoms with van der Waals surface area (Å²) in [5.41, 5.74) is 0.855. The SMILES string of the molecule is OCC1(Cc2ccc(F)c(Cl)c2)CCCNC1. The van der Waals surface area contributed by atoms with Crippen molar-refractivity contribution >= 4 is 11.6 Å². The van der Waals surface area contributed by atoms with Crippen LogP contribution in [0.4, 0.5) is 4.39 Å². The summed E-state index contributed by atoms with van der Waals surface area (Å²) < 4.78 is 13.1. The van der Waals surface area contributed by atoms with Crippen LogP contribution in [-0.4, -0.2) is 24.8 Å². The maximum absolute atomic E-state index is 13.1. The fraction of sp³-hybridized carbons (Fsp3) is 0.538. The Labute approximate surface area is 106 Å². The molecule has 17 heavy (non-hydrogen) atoms. The van der Waals surface area contributed by atoms with Crippen LogP contribution in [-0.2, 0) is 6.42 Å². The Bertz CT molecular complexity index is 391. The van der Waals surface area contributed by atoms with E-state index in [0.29, 0.717) is 0 Å². The molecular formula is C13H17ClFNO. The fourth-order valence-electron chi connectivity index (χ4n) is 2.45. The van der Waals surface area contributed by atoms with Crippen molar-refractivity contribution in [1.29, 1.82) is 0 Å². The van der Waals surface area contributed by atoms with Gasteiger partial charge in [-0.05, 0) is 43.5 Å². The van der Waals surface area contributed by atoms with E-state index in [1.54, 1.807) is 12.1 Å². The highest BCUT2D eigenvalue weighted by molar-refractivity contribution is 6.30. The molecule has 94 valence electrons. The number of benzene rings is 1. The van der Waals surface area contributed by atoms with Crippen molar-refractivity contribution < 1.29 is 9.50 Å². The predicted octanol–water partition coefficient (Wildman–Crippen LogP) is 2.38. The van der Waals surface area contributed by atoms with E-state index in [0.717, 1.165) is 37.9 Å². The summed E-state index contributed by atoms with van der Waals surface area (Å²) in [6.07, 6.45) is 2.79. The van der Waals surface area contributed by atoms with E-state index in [-0.39, 0.29) is 17.0 Å². The van der Waals surface area contributed by atoms with Crippen LogP contribution in [0.3, 0.4) is 0 Å². The first-order valence-corrected chi connectivity index (χ1v) is 6.29. The Morgan fingerprint density at radius 1 is 1.47 bits per heavy atom. The van der Waals surface area contributed by atoms with E-state index in [9.17, 15) is 9.50 Å². The van der Waals surface area contributed by atoms with Gasteiger partial charge in [-0.25, -0.2) is 4.39 Å². The van der Waals surface area contributed by atoms with E-state index in [4.69, 9.17) is 11.6 Å². The van der Waals surface area contributed by atoms with Crippen molar-refractivity contribution in [3.63, 3.8) is 0 Å². The highest BCUT2D eigenvalue weighted by Gasteiger charge is 2.31. The zero-order valence-corrected chi connectivity index (χ0v) is 10.4. The van der Waals surface area contributed by atoms with Crippen LogP contribution in [0.5, 0.6) is 0 Å². The lowest BCUT2D eigenvalue weighted by atomic mass is 9.76. The number of nitrogens with one attached hydrogen (secondary N) is 1. The van der Waals surface area contributed by atoms with Crippen molar-refractivity contribution in [3.05, 3.63) is 34.6 Å². The number of aliphatic hydroxyl groups excluding tert-OH is 1. The van der Waals surface area contributed by atoms with Gasteiger partial charge in [-0.3, -0.25) is 0 Å². The normalized spacial score (nSPS) is 24.9. The second-order valence-corrected chi connectivity index (χ2v) is 5.27. The highest BCUT2D eigenvalue weighted by atomic mass is 35.5. The van der Waals surface area contributed by atoms with Gasteiger partial charge in [-0.1, -0.05) is 17.7 Å². The van der Waals surface area contributed by atoms with Crippen LogP contribution in [0.1, 0.15) is 18.4 Å². The Kier molecular flexibility index (Phi) is 4.02. The monoisotopic (exact) mass is 257 g/mol. The van der Waals surface area contributed by atoms with E-state index >= 15 is 0 Å². The van der Waals surface area contributed by atoms with E-state index < -0.39 is 5.82 Å². The van der Waals surface area contributed by atoms with Crippen molar-refractivity contribution in [2.45, 2.75) is 19.3 Å². The smallest absolute Gasteiger partial charge is 0.141 e. The Hall–Kier alpha value is -0.640. The zero-order valence-electron chi connectivity index (χ0n) is 9.68. The van der Waals surface area contributed by atoms with E-state index in [1.807, 2.05) is 0 Å². The van der Waals surface area contributed by atoms with Crippen LogP contribution in [0.15, 0.2) is 18.2 Å². The summed E-state index contributed by atoms with van der Waals surface area (Å²) in [6.45, 7) is 1.96. The molecule has 1 unspecified atom stereocenters. The summed E-state index contributed by atoms with van der Waals surface area (Å²) in [5, 5.41) is 13.0. The first-order chi connectivity index (χ1) is 8.15. The van der Waals surface area contributed by atoms with Crippen LogP contribution >= 0.6 is 11.6 Å². The molecule has 1 atom stereocenters. The molecule has 4 heteroatoms. The predicted molar refractivity (Wildman–Crippen MR) is 66.7 cm³/mol. The molecule has 0 aromatic heterocycles. The minimum atomic E-state index is -0.393. The minimum absolute atomic E-state index is 0.126. The largest absolute Gasteiger partial charge is 0.396 e. The van der Waals surface area contributed by atoms with Gasteiger partial charge in [0.25, 0.3) is 0 Å². The molecule has 1 heterocycles. The quantitative estimate of drug-likeness (QED) is 0.872. The van der Waals surface area contributed by atoms with Crippen molar-refractivity contribution in [3.8, 4) is 0 Å². The molecule has 1 aromatic rings. The van der Waals surface area contributed by atoms with Gasteiger partial charge >= 0.3 is 0 Å². The Morgan fingerprint density at radius 2 is 2.29 bits per heavy atom. The average molecular weight is 258 g/mol. The van der Waals surface area contributed by atoms with Gasteiger partial charge in [0.1, 0.15) is 5.82 Å². The second kappa shape index (κ2) is 5.34. The maximum atomic E-state index is 13.1. The summed E-state index contributed by atoms with van der Waals surface area (Å²) in [4.78, 5) is 0.